The molecule has 1 unspecified atom stereocenters. The molecule has 0 aliphatic rings. The number of carbonyl (C=O) groups excluding carboxylic acids is 1. The maximum absolute atomic E-state index is 14.9. The molecule has 0 aromatic heterocycles. The van der Waals surface area contributed by atoms with Crippen molar-refractivity contribution in [3.8, 4) is 5.75 Å². The highest BCUT2D eigenvalue weighted by Crippen LogP contribution is 2.41. The van der Waals surface area contributed by atoms with E-state index >= 15 is 0 Å². The van der Waals surface area contributed by atoms with E-state index in [2.05, 4.69) is 4.74 Å². The molecule has 262 valence electrons. The summed E-state index contributed by atoms with van der Waals surface area (Å²) in [5.41, 5.74) is -5.51. The fraction of sp³-hybridized carbons (Fsp3) is 0.333. The zero-order chi connectivity index (χ0) is 36.1. The molecule has 1 atom stereocenters. The van der Waals surface area contributed by atoms with Gasteiger partial charge in [-0.15, -0.1) is 0 Å². The molecule has 0 spiro atoms. The first-order valence-corrected chi connectivity index (χ1v) is 13.6. The lowest BCUT2D eigenvalue weighted by molar-refractivity contribution is -0.253. The van der Waals surface area contributed by atoms with Crippen LogP contribution in [0.4, 0.5) is 57.5 Å². The number of halogens is 12. The van der Waals surface area contributed by atoms with E-state index in [1.54, 1.807) is 0 Å². The Hall–Kier alpha value is -4.64. The highest BCUT2D eigenvalue weighted by atomic mass is 19.4. The molecule has 18 heteroatoms. The Kier molecular flexibility index (Phi) is 11.5. The minimum atomic E-state index is -5.39. The lowest BCUT2D eigenvalue weighted by Gasteiger charge is -2.37. The van der Waals surface area contributed by atoms with E-state index in [1.165, 1.54) is 29.6 Å². The van der Waals surface area contributed by atoms with Crippen molar-refractivity contribution in [2.75, 3.05) is 6.54 Å². The number of aliphatic carboxylic acids is 1. The summed E-state index contributed by atoms with van der Waals surface area (Å²) in [6.07, 6.45) is -20.6. The molecule has 3 aromatic rings. The third kappa shape index (κ3) is 10.2. The molecule has 3 rings (SSSR count). The van der Waals surface area contributed by atoms with Crippen LogP contribution >= 0.6 is 0 Å². The second-order valence-electron chi connectivity index (χ2n) is 10.4. The van der Waals surface area contributed by atoms with Crippen molar-refractivity contribution >= 4 is 12.0 Å². The molecule has 0 saturated carbocycles. The summed E-state index contributed by atoms with van der Waals surface area (Å²) in [6.45, 7) is -1.98. The van der Waals surface area contributed by atoms with Gasteiger partial charge in [-0.05, 0) is 59.4 Å². The van der Waals surface area contributed by atoms with Crippen molar-refractivity contribution in [1.82, 2.24) is 10.6 Å². The summed E-state index contributed by atoms with van der Waals surface area (Å²) < 4.78 is 167. The molecule has 6 nitrogen and oxygen atoms in total. The second-order valence-corrected chi connectivity index (χ2v) is 10.4. The van der Waals surface area contributed by atoms with Crippen LogP contribution in [0.1, 0.15) is 40.7 Å². The highest BCUT2D eigenvalue weighted by Gasteiger charge is 2.45. The molecule has 0 bridgehead atoms. The van der Waals surface area contributed by atoms with E-state index in [0.717, 1.165) is 0 Å². The average molecular weight is 705 g/mol. The third-order valence-electron chi connectivity index (χ3n) is 6.76. The molecule has 0 radical (unpaired) electrons. The Labute approximate surface area is 263 Å². The minimum absolute atomic E-state index is 0.0654. The smallest absolute Gasteiger partial charge is 0.461 e. The molecule has 0 fully saturated rings. The van der Waals surface area contributed by atoms with Crippen LogP contribution in [0, 0.1) is 11.6 Å². The first kappa shape index (κ1) is 37.8. The molecule has 48 heavy (non-hydrogen) atoms. The molecule has 0 aliphatic carbocycles. The molecule has 0 aliphatic heterocycles. The van der Waals surface area contributed by atoms with Gasteiger partial charge < -0.3 is 20.5 Å². The summed E-state index contributed by atoms with van der Waals surface area (Å²) in [6, 6.07) is 5.98. The maximum Gasteiger partial charge on any atom is 0.461 e. The van der Waals surface area contributed by atoms with Gasteiger partial charge in [-0.3, -0.25) is 4.79 Å². The fourth-order valence-corrected chi connectivity index (χ4v) is 4.63. The normalized spacial score (nSPS) is 13.6. The van der Waals surface area contributed by atoms with E-state index in [-0.39, 0.29) is 43.0 Å². The van der Waals surface area contributed by atoms with Crippen LogP contribution in [-0.2, 0) is 29.4 Å². The fourth-order valence-electron chi connectivity index (χ4n) is 4.63. The second kappa shape index (κ2) is 14.6. The topological polar surface area (TPSA) is 87.7 Å². The number of aryl methyl sites for hydroxylation is 1. The van der Waals surface area contributed by atoms with Crippen molar-refractivity contribution in [1.29, 1.82) is 0 Å². The van der Waals surface area contributed by atoms with Crippen molar-refractivity contribution in [3.05, 3.63) is 100 Å². The number of carboxylic acids is 1. The number of alkyl halides is 10. The van der Waals surface area contributed by atoms with Gasteiger partial charge >= 0.3 is 36.9 Å². The lowest BCUT2D eigenvalue weighted by atomic mass is 9.77. The zero-order valence-corrected chi connectivity index (χ0v) is 24.1. The first-order chi connectivity index (χ1) is 22.1. The van der Waals surface area contributed by atoms with E-state index < -0.39 is 89.5 Å². The van der Waals surface area contributed by atoms with Crippen LogP contribution < -0.4 is 15.4 Å². The zero-order valence-electron chi connectivity index (χ0n) is 24.1. The van der Waals surface area contributed by atoms with Gasteiger partial charge in [-0.1, -0.05) is 30.3 Å². The summed E-state index contributed by atoms with van der Waals surface area (Å²) in [7, 11) is 0. The molecule has 2 amide bonds. The molecule has 0 heterocycles. The Morgan fingerprint density at radius 1 is 0.812 bits per heavy atom. The van der Waals surface area contributed by atoms with E-state index in [0.29, 0.717) is 23.8 Å². The SMILES string of the molecule is O=C(O)CCCc1ccc(CC(NC(=O)NCC(F)(F)F)(c2cc(F)cc(OC(F)(F)C(F)F)c2)c2ccc(F)c(C(F)(F)F)c2)cc1. The number of hydrogen-bond acceptors (Lipinski definition) is 3. The number of benzene rings is 3. The Morgan fingerprint density at radius 2 is 1.44 bits per heavy atom. The number of carbonyl (C=O) groups is 2. The van der Waals surface area contributed by atoms with Crippen molar-refractivity contribution in [2.24, 2.45) is 0 Å². The van der Waals surface area contributed by atoms with Crippen LogP contribution in [-0.4, -0.2) is 42.4 Å². The molecule has 3 N–H and O–H groups in total. The van der Waals surface area contributed by atoms with Gasteiger partial charge in [-0.2, -0.15) is 43.9 Å². The van der Waals surface area contributed by atoms with Gasteiger partial charge in [0.25, 0.3) is 0 Å². The summed E-state index contributed by atoms with van der Waals surface area (Å²) in [5, 5.41) is 12.3. The highest BCUT2D eigenvalue weighted by molar-refractivity contribution is 5.76. The van der Waals surface area contributed by atoms with Gasteiger partial charge in [0.05, 0.1) is 11.1 Å². The van der Waals surface area contributed by atoms with Crippen molar-refractivity contribution in [2.45, 2.75) is 56.1 Å². The monoisotopic (exact) mass is 704 g/mol. The predicted octanol–water partition coefficient (Wildman–Crippen LogP) is 7.98. The molecular formula is C30H24F12N2O4. The van der Waals surface area contributed by atoms with Crippen molar-refractivity contribution < 1.29 is 72.1 Å². The number of rotatable bonds is 13. The van der Waals surface area contributed by atoms with Crippen LogP contribution in [0.25, 0.3) is 0 Å². The Bertz CT molecular complexity index is 1590. The minimum Gasteiger partial charge on any atom is -0.481 e. The number of ether oxygens (including phenoxy) is 1. The van der Waals surface area contributed by atoms with Gasteiger partial charge in [-0.25, -0.2) is 13.6 Å². The molecule has 0 saturated heterocycles. The van der Waals surface area contributed by atoms with Gasteiger partial charge in [0.2, 0.25) is 0 Å². The number of hydrogen-bond donors (Lipinski definition) is 3. The predicted molar refractivity (Wildman–Crippen MR) is 143 cm³/mol. The van der Waals surface area contributed by atoms with Crippen LogP contribution in [0.5, 0.6) is 5.75 Å². The van der Waals surface area contributed by atoms with Crippen molar-refractivity contribution in [3.63, 3.8) is 0 Å². The maximum atomic E-state index is 14.9. The standard InChI is InChI=1S/C30H24F12N2O4/c31-20-10-19(11-21(13-20)48-30(41,42)25(33)34)27(44-26(47)43-15-28(35,36)37,18-8-9-23(32)22(12-18)29(38,39)40)14-17-6-4-16(5-7-17)2-1-3-24(45)46/h4-13,25H,1-3,14-15H2,(H,45,46)(H2,43,44,47). The largest absolute Gasteiger partial charge is 0.481 e. The number of urea groups is 1. The average Bonchev–Trinajstić information content (AvgIpc) is 2.95. The summed E-state index contributed by atoms with van der Waals surface area (Å²) in [4.78, 5) is 23.7. The van der Waals surface area contributed by atoms with E-state index in [1.807, 2.05) is 5.32 Å². The Morgan fingerprint density at radius 3 is 2.00 bits per heavy atom. The van der Waals surface area contributed by atoms with Crippen LogP contribution in [0.2, 0.25) is 0 Å². The van der Waals surface area contributed by atoms with Gasteiger partial charge in [0, 0.05) is 18.9 Å². The van der Waals surface area contributed by atoms with Crippen LogP contribution in [0.3, 0.4) is 0 Å². The van der Waals surface area contributed by atoms with Crippen LogP contribution in [0.15, 0.2) is 60.7 Å². The first-order valence-electron chi connectivity index (χ1n) is 13.6. The number of nitrogens with one attached hydrogen (secondary N) is 2. The van der Waals surface area contributed by atoms with Gasteiger partial charge in [0.1, 0.15) is 23.9 Å². The summed E-state index contributed by atoms with van der Waals surface area (Å²) in [5.74, 6) is -5.73. The van der Waals surface area contributed by atoms with E-state index in [9.17, 15) is 62.3 Å². The number of amides is 2. The third-order valence-corrected chi connectivity index (χ3v) is 6.76. The molecular weight excluding hydrogens is 680 g/mol. The lowest BCUT2D eigenvalue weighted by Crippen LogP contribution is -2.53. The summed E-state index contributed by atoms with van der Waals surface area (Å²) >= 11 is 0. The van der Waals surface area contributed by atoms with E-state index in [4.69, 9.17) is 5.11 Å². The quantitative estimate of drug-likeness (QED) is 0.158. The Balaban J connectivity index is 2.29. The number of carboxylic acid groups (broad SMARTS) is 1. The van der Waals surface area contributed by atoms with Gasteiger partial charge in [0.15, 0.2) is 0 Å². The molecule has 3 aromatic carbocycles.